The fraction of sp³-hybridized carbons (Fsp3) is 0.333. The van der Waals surface area contributed by atoms with Crippen molar-refractivity contribution in [1.82, 2.24) is 4.57 Å². The second-order valence-corrected chi connectivity index (χ2v) is 3.91. The topological polar surface area (TPSA) is 34.4 Å². The monoisotopic (exact) mass is 239 g/mol. The summed E-state index contributed by atoms with van der Waals surface area (Å²) in [6.45, 7) is 2.74. The van der Waals surface area contributed by atoms with Crippen LogP contribution in [0.1, 0.15) is 12.5 Å². The molecule has 1 heterocycles. The summed E-state index contributed by atoms with van der Waals surface area (Å²) < 4.78 is 7.14. The third kappa shape index (κ3) is 1.56. The van der Waals surface area contributed by atoms with Crippen LogP contribution < -0.4 is 4.74 Å². The first kappa shape index (κ1) is 11.3. The minimum absolute atomic E-state index is 0.0600. The van der Waals surface area contributed by atoms with E-state index in [4.69, 9.17) is 16.3 Å². The number of rotatable bonds is 3. The molecule has 86 valence electrons. The van der Waals surface area contributed by atoms with Crippen molar-refractivity contribution in [3.8, 4) is 5.75 Å². The van der Waals surface area contributed by atoms with Gasteiger partial charge in [0.15, 0.2) is 0 Å². The van der Waals surface area contributed by atoms with Crippen molar-refractivity contribution in [1.29, 1.82) is 0 Å². The average molecular weight is 240 g/mol. The lowest BCUT2D eigenvalue weighted by Crippen LogP contribution is -1.93. The zero-order valence-electron chi connectivity index (χ0n) is 9.33. The van der Waals surface area contributed by atoms with E-state index in [0.29, 0.717) is 5.15 Å². The van der Waals surface area contributed by atoms with Gasteiger partial charge in [-0.1, -0.05) is 11.6 Å². The van der Waals surface area contributed by atoms with Crippen molar-refractivity contribution in [2.45, 2.75) is 20.1 Å². The lowest BCUT2D eigenvalue weighted by Gasteiger charge is -2.03. The van der Waals surface area contributed by atoms with E-state index >= 15 is 0 Å². The maximum Gasteiger partial charge on any atom is 0.119 e. The minimum Gasteiger partial charge on any atom is -0.497 e. The van der Waals surface area contributed by atoms with Gasteiger partial charge in [0.05, 0.1) is 13.7 Å². The van der Waals surface area contributed by atoms with Crippen LogP contribution in [0.2, 0.25) is 5.15 Å². The Kier molecular flexibility index (Phi) is 3.08. The summed E-state index contributed by atoms with van der Waals surface area (Å²) in [5, 5.41) is 10.9. The summed E-state index contributed by atoms with van der Waals surface area (Å²) in [5.41, 5.74) is 1.79. The van der Waals surface area contributed by atoms with Gasteiger partial charge in [-0.3, -0.25) is 0 Å². The molecule has 0 aliphatic carbocycles. The van der Waals surface area contributed by atoms with Crippen molar-refractivity contribution in [3.05, 3.63) is 28.9 Å². The summed E-state index contributed by atoms with van der Waals surface area (Å²) in [5.74, 6) is 0.770. The van der Waals surface area contributed by atoms with Gasteiger partial charge in [-0.2, -0.15) is 0 Å². The number of aliphatic hydroxyl groups excluding tert-OH is 1. The highest BCUT2D eigenvalue weighted by atomic mass is 35.5. The second kappa shape index (κ2) is 4.36. The smallest absolute Gasteiger partial charge is 0.119 e. The number of aryl methyl sites for hydroxylation is 1. The third-order valence-electron chi connectivity index (χ3n) is 2.78. The Balaban J connectivity index is 2.78. The molecule has 4 heteroatoms. The van der Waals surface area contributed by atoms with Gasteiger partial charge in [-0.15, -0.1) is 0 Å². The first-order valence-electron chi connectivity index (χ1n) is 5.18. The fourth-order valence-corrected chi connectivity index (χ4v) is 2.33. The zero-order valence-corrected chi connectivity index (χ0v) is 10.1. The zero-order chi connectivity index (χ0) is 11.7. The molecule has 1 N–H and O–H groups in total. The van der Waals surface area contributed by atoms with E-state index < -0.39 is 0 Å². The molecule has 0 bridgehead atoms. The molecule has 1 aromatic heterocycles. The van der Waals surface area contributed by atoms with Gasteiger partial charge in [0, 0.05) is 23.0 Å². The maximum atomic E-state index is 9.35. The average Bonchev–Trinajstić information content (AvgIpc) is 2.59. The highest BCUT2D eigenvalue weighted by Crippen LogP contribution is 2.32. The van der Waals surface area contributed by atoms with Crippen LogP contribution in [0, 0.1) is 0 Å². The molecule has 16 heavy (non-hydrogen) atoms. The molecular formula is C12H14ClNO2. The molecule has 0 saturated carbocycles. The molecule has 0 radical (unpaired) electrons. The summed E-state index contributed by atoms with van der Waals surface area (Å²) >= 11 is 6.21. The Labute approximate surface area is 99.2 Å². The molecule has 0 atom stereocenters. The molecule has 3 nitrogen and oxygen atoms in total. The number of aromatic nitrogens is 1. The van der Waals surface area contributed by atoms with Crippen LogP contribution in [0.4, 0.5) is 0 Å². The highest BCUT2D eigenvalue weighted by Gasteiger charge is 2.14. The Morgan fingerprint density at radius 1 is 1.44 bits per heavy atom. The largest absolute Gasteiger partial charge is 0.497 e. The van der Waals surface area contributed by atoms with Crippen LogP contribution >= 0.6 is 11.6 Å². The van der Waals surface area contributed by atoms with Crippen LogP contribution in [-0.2, 0) is 13.2 Å². The van der Waals surface area contributed by atoms with Crippen LogP contribution in [0.25, 0.3) is 10.9 Å². The van der Waals surface area contributed by atoms with Gasteiger partial charge >= 0.3 is 0 Å². The number of hydrogen-bond acceptors (Lipinski definition) is 2. The molecule has 0 saturated heterocycles. The number of hydrogen-bond donors (Lipinski definition) is 1. The van der Waals surface area contributed by atoms with Crippen LogP contribution in [0.3, 0.4) is 0 Å². The van der Waals surface area contributed by atoms with Crippen molar-refractivity contribution >= 4 is 22.5 Å². The lowest BCUT2D eigenvalue weighted by atomic mass is 10.2. The van der Waals surface area contributed by atoms with E-state index in [9.17, 15) is 5.11 Å². The SMILES string of the molecule is CCn1c(Cl)c(CO)c2cc(OC)ccc21. The summed E-state index contributed by atoms with van der Waals surface area (Å²) in [7, 11) is 1.62. The van der Waals surface area contributed by atoms with Crippen molar-refractivity contribution in [3.63, 3.8) is 0 Å². The predicted molar refractivity (Wildman–Crippen MR) is 65.1 cm³/mol. The van der Waals surface area contributed by atoms with E-state index in [1.807, 2.05) is 29.7 Å². The number of aliphatic hydroxyl groups is 1. The van der Waals surface area contributed by atoms with Gasteiger partial charge in [0.1, 0.15) is 10.9 Å². The third-order valence-corrected chi connectivity index (χ3v) is 3.21. The molecule has 0 aliphatic rings. The first-order chi connectivity index (χ1) is 7.72. The number of methoxy groups -OCH3 is 1. The summed E-state index contributed by atoms with van der Waals surface area (Å²) in [6, 6.07) is 5.76. The molecule has 2 aromatic rings. The number of ether oxygens (including phenoxy) is 1. The van der Waals surface area contributed by atoms with Gasteiger partial charge in [-0.25, -0.2) is 0 Å². The molecule has 0 fully saturated rings. The number of halogens is 1. The standard InChI is InChI=1S/C12H14ClNO2/c1-3-14-11-5-4-8(16-2)6-9(11)10(7-15)12(14)13/h4-6,15H,3,7H2,1-2H3. The Hall–Kier alpha value is -1.19. The number of fused-ring (bicyclic) bond motifs is 1. The quantitative estimate of drug-likeness (QED) is 0.894. The van der Waals surface area contributed by atoms with Crippen LogP contribution in [0.5, 0.6) is 5.75 Å². The van der Waals surface area contributed by atoms with E-state index in [1.165, 1.54) is 0 Å². The molecular weight excluding hydrogens is 226 g/mol. The number of nitrogens with zero attached hydrogens (tertiary/aromatic N) is 1. The molecule has 0 unspecified atom stereocenters. The van der Waals surface area contributed by atoms with E-state index in [1.54, 1.807) is 7.11 Å². The first-order valence-corrected chi connectivity index (χ1v) is 5.56. The minimum atomic E-state index is -0.0600. The summed E-state index contributed by atoms with van der Waals surface area (Å²) in [6.07, 6.45) is 0. The normalized spacial score (nSPS) is 11.0. The summed E-state index contributed by atoms with van der Waals surface area (Å²) in [4.78, 5) is 0. The van der Waals surface area contributed by atoms with Crippen molar-refractivity contribution in [2.75, 3.05) is 7.11 Å². The Morgan fingerprint density at radius 2 is 2.19 bits per heavy atom. The molecule has 0 spiro atoms. The van der Waals surface area contributed by atoms with E-state index in [2.05, 4.69) is 0 Å². The van der Waals surface area contributed by atoms with Crippen LogP contribution in [-0.4, -0.2) is 16.8 Å². The van der Waals surface area contributed by atoms with E-state index in [0.717, 1.165) is 28.8 Å². The van der Waals surface area contributed by atoms with Gasteiger partial charge in [-0.05, 0) is 25.1 Å². The Morgan fingerprint density at radius 3 is 2.75 bits per heavy atom. The van der Waals surface area contributed by atoms with Gasteiger partial charge < -0.3 is 14.4 Å². The van der Waals surface area contributed by atoms with Crippen molar-refractivity contribution < 1.29 is 9.84 Å². The highest BCUT2D eigenvalue weighted by molar-refractivity contribution is 6.32. The Bertz CT molecular complexity index is 519. The molecule has 2 rings (SSSR count). The maximum absolute atomic E-state index is 9.35. The fourth-order valence-electron chi connectivity index (χ4n) is 1.96. The van der Waals surface area contributed by atoms with Crippen LogP contribution in [0.15, 0.2) is 18.2 Å². The lowest BCUT2D eigenvalue weighted by molar-refractivity contribution is 0.283. The van der Waals surface area contributed by atoms with Crippen molar-refractivity contribution in [2.24, 2.45) is 0 Å². The number of benzene rings is 1. The van der Waals surface area contributed by atoms with Gasteiger partial charge in [0.25, 0.3) is 0 Å². The molecule has 0 amide bonds. The second-order valence-electron chi connectivity index (χ2n) is 3.55. The van der Waals surface area contributed by atoms with E-state index in [-0.39, 0.29) is 6.61 Å². The van der Waals surface area contributed by atoms with Gasteiger partial charge in [0.2, 0.25) is 0 Å². The predicted octanol–water partition coefficient (Wildman–Crippen LogP) is 2.82. The molecule has 1 aromatic carbocycles. The molecule has 0 aliphatic heterocycles.